The number of benzene rings is 1. The smallest absolute Gasteiger partial charge is 0.254 e. The Morgan fingerprint density at radius 3 is 2.12 bits per heavy atom. The summed E-state index contributed by atoms with van der Waals surface area (Å²) in [6.07, 6.45) is 11.8. The maximum Gasteiger partial charge on any atom is 0.254 e. The van der Waals surface area contributed by atoms with E-state index in [1.54, 1.807) is 55.1 Å². The molecular weight excluding hydrogens is 522 g/mol. The molecule has 214 valence electrons. The lowest BCUT2D eigenvalue weighted by molar-refractivity contribution is -0.142. The molecule has 4 aliphatic rings. The van der Waals surface area contributed by atoms with Crippen molar-refractivity contribution in [2.75, 3.05) is 6.54 Å². The van der Waals surface area contributed by atoms with E-state index in [1.165, 1.54) is 6.42 Å². The van der Waals surface area contributed by atoms with Gasteiger partial charge in [-0.25, -0.2) is 0 Å². The number of pyridine rings is 2. The monoisotopic (exact) mass is 559 g/mol. The zero-order chi connectivity index (χ0) is 29.5. The van der Waals surface area contributed by atoms with Crippen molar-refractivity contribution in [3.8, 4) is 6.07 Å². The predicted octanol–water partition coefficient (Wildman–Crippen LogP) is 5.35. The van der Waals surface area contributed by atoms with Crippen LogP contribution in [0.5, 0.6) is 0 Å². The summed E-state index contributed by atoms with van der Waals surface area (Å²) in [5, 5.41) is 12.8. The van der Waals surface area contributed by atoms with Gasteiger partial charge in [0.1, 0.15) is 11.4 Å². The second-order valence-corrected chi connectivity index (χ2v) is 13.0. The third kappa shape index (κ3) is 5.00. The molecule has 3 aliphatic carbocycles. The highest BCUT2D eigenvalue weighted by molar-refractivity contribution is 6.06. The van der Waals surface area contributed by atoms with Crippen molar-refractivity contribution >= 4 is 11.7 Å². The maximum absolute atomic E-state index is 14.7. The van der Waals surface area contributed by atoms with Crippen molar-refractivity contribution in [1.82, 2.24) is 20.2 Å². The number of hydrogen-bond donors (Lipinski definition) is 1. The van der Waals surface area contributed by atoms with Gasteiger partial charge in [0.05, 0.1) is 11.6 Å². The molecule has 4 atom stereocenters. The Kier molecular flexibility index (Phi) is 7.18. The van der Waals surface area contributed by atoms with Gasteiger partial charge in [0.15, 0.2) is 5.78 Å². The zero-order valence-electron chi connectivity index (χ0n) is 24.5. The van der Waals surface area contributed by atoms with Gasteiger partial charge in [-0.2, -0.15) is 5.26 Å². The average molecular weight is 560 g/mol. The van der Waals surface area contributed by atoms with Gasteiger partial charge in [-0.05, 0) is 102 Å². The van der Waals surface area contributed by atoms with Crippen LogP contribution >= 0.6 is 0 Å². The van der Waals surface area contributed by atoms with Gasteiger partial charge in [-0.15, -0.1) is 0 Å². The van der Waals surface area contributed by atoms with E-state index in [0.717, 1.165) is 17.5 Å². The third-order valence-corrected chi connectivity index (χ3v) is 10.3. The van der Waals surface area contributed by atoms with E-state index in [0.29, 0.717) is 65.4 Å². The lowest BCUT2D eigenvalue weighted by Crippen LogP contribution is -2.57. The molecule has 7 nitrogen and oxygen atoms in total. The lowest BCUT2D eigenvalue weighted by Gasteiger charge is -2.62. The van der Waals surface area contributed by atoms with Crippen LogP contribution in [0.2, 0.25) is 0 Å². The van der Waals surface area contributed by atoms with E-state index in [9.17, 15) is 14.9 Å². The molecule has 2 aromatic heterocycles. The summed E-state index contributed by atoms with van der Waals surface area (Å²) in [6, 6.07) is 16.5. The number of carbonyl (C=O) groups excluding carboxylic acids is 2. The summed E-state index contributed by atoms with van der Waals surface area (Å²) in [6.45, 7) is 7.69. The molecule has 1 N–H and O–H groups in total. The van der Waals surface area contributed by atoms with E-state index in [2.05, 4.69) is 42.1 Å². The van der Waals surface area contributed by atoms with Gasteiger partial charge in [0.25, 0.3) is 5.91 Å². The number of rotatable bonds is 8. The molecule has 0 radical (unpaired) electrons. The average Bonchev–Trinajstić information content (AvgIpc) is 3.23. The number of nitriles is 1. The van der Waals surface area contributed by atoms with Gasteiger partial charge in [-0.3, -0.25) is 24.5 Å². The quantitative estimate of drug-likeness (QED) is 0.295. The number of nitrogens with zero attached hydrogens (tertiary/aromatic N) is 4. The van der Waals surface area contributed by atoms with E-state index in [-0.39, 0.29) is 11.7 Å². The molecule has 1 aliphatic heterocycles. The SMILES string of the molecule is CC1C(CN2C(=O)C(Cc3ccncc3)(Cc3ccncc3)NC2=CC(=O)c2ccc(C#N)cc2)CC2CC1C2(C)C. The van der Waals surface area contributed by atoms with Crippen LogP contribution in [-0.4, -0.2) is 38.6 Å². The second kappa shape index (κ2) is 10.8. The van der Waals surface area contributed by atoms with Crippen molar-refractivity contribution in [3.05, 3.63) is 107 Å². The fourth-order valence-corrected chi connectivity index (χ4v) is 7.68. The highest BCUT2D eigenvalue weighted by atomic mass is 16.2. The summed E-state index contributed by atoms with van der Waals surface area (Å²) < 4.78 is 0. The van der Waals surface area contributed by atoms with Crippen molar-refractivity contribution in [2.45, 2.75) is 52.0 Å². The Morgan fingerprint density at radius 2 is 1.60 bits per heavy atom. The molecule has 4 fully saturated rings. The highest BCUT2D eigenvalue weighted by Gasteiger charge is 2.57. The molecule has 1 aromatic carbocycles. The van der Waals surface area contributed by atoms with Gasteiger partial charge >= 0.3 is 0 Å². The fourth-order valence-electron chi connectivity index (χ4n) is 7.68. The Balaban J connectivity index is 1.38. The first-order valence-electron chi connectivity index (χ1n) is 14.8. The molecular formula is C35H37N5O2. The highest BCUT2D eigenvalue weighted by Crippen LogP contribution is 2.63. The molecule has 2 bridgehead atoms. The van der Waals surface area contributed by atoms with Crippen molar-refractivity contribution in [3.63, 3.8) is 0 Å². The van der Waals surface area contributed by atoms with Crippen LogP contribution in [0.15, 0.2) is 85.2 Å². The molecule has 3 aromatic rings. The summed E-state index contributed by atoms with van der Waals surface area (Å²) in [5.74, 6) is 2.49. The molecule has 7 heteroatoms. The topological polar surface area (TPSA) is 99.0 Å². The molecule has 1 amide bonds. The number of carbonyl (C=O) groups is 2. The maximum atomic E-state index is 14.7. The first kappa shape index (κ1) is 27.8. The van der Waals surface area contributed by atoms with E-state index in [4.69, 9.17) is 0 Å². The van der Waals surface area contributed by atoms with Gasteiger partial charge < -0.3 is 5.32 Å². The first-order chi connectivity index (χ1) is 20.2. The van der Waals surface area contributed by atoms with Gasteiger partial charge in [0.2, 0.25) is 0 Å². The fraction of sp³-hybridized carbons (Fsp3) is 0.400. The molecule has 0 spiro atoms. The minimum atomic E-state index is -0.973. The third-order valence-electron chi connectivity index (χ3n) is 10.3. The van der Waals surface area contributed by atoms with Crippen LogP contribution in [-0.2, 0) is 17.6 Å². The summed E-state index contributed by atoms with van der Waals surface area (Å²) in [5.41, 5.74) is 2.34. The number of aromatic nitrogens is 2. The number of ketones is 1. The van der Waals surface area contributed by atoms with Gasteiger partial charge in [0, 0.05) is 55.8 Å². The number of hydrogen-bond acceptors (Lipinski definition) is 6. The Bertz CT molecular complexity index is 1500. The zero-order valence-corrected chi connectivity index (χ0v) is 24.5. The Morgan fingerprint density at radius 1 is 1.00 bits per heavy atom. The minimum Gasteiger partial charge on any atom is -0.357 e. The van der Waals surface area contributed by atoms with Crippen molar-refractivity contribution in [2.24, 2.45) is 29.1 Å². The van der Waals surface area contributed by atoms with Crippen molar-refractivity contribution < 1.29 is 9.59 Å². The lowest BCUT2D eigenvalue weighted by atomic mass is 9.43. The predicted molar refractivity (Wildman–Crippen MR) is 160 cm³/mol. The summed E-state index contributed by atoms with van der Waals surface area (Å²) in [4.78, 5) is 38.4. The second-order valence-electron chi connectivity index (χ2n) is 13.0. The largest absolute Gasteiger partial charge is 0.357 e. The van der Waals surface area contributed by atoms with E-state index >= 15 is 0 Å². The standard InChI is InChI=1S/C35H37N5O2/c1-23-28(16-29-17-30(23)34(29,2)3)22-40-32(18-31(41)27-6-4-26(21-36)5-7-27)39-35(33(40)42,19-24-8-12-37-13-9-24)20-25-10-14-38-15-11-25/h4-15,18,23,28-30,39H,16-17,19-20,22H2,1-3H3. The number of allylic oxidation sites excluding steroid dienone is 1. The summed E-state index contributed by atoms with van der Waals surface area (Å²) in [7, 11) is 0. The number of fused-ring (bicyclic) bond motifs is 2. The van der Waals surface area contributed by atoms with Crippen LogP contribution in [0.4, 0.5) is 0 Å². The van der Waals surface area contributed by atoms with Crippen LogP contribution in [0, 0.1) is 40.4 Å². The molecule has 7 rings (SSSR count). The molecule has 3 saturated carbocycles. The van der Waals surface area contributed by atoms with Crippen LogP contribution in [0.25, 0.3) is 0 Å². The Labute approximate surface area is 247 Å². The number of amides is 1. The molecule has 42 heavy (non-hydrogen) atoms. The van der Waals surface area contributed by atoms with Crippen LogP contribution in [0.1, 0.15) is 60.7 Å². The normalized spacial score (nSPS) is 26.3. The molecule has 4 unspecified atom stereocenters. The molecule has 3 heterocycles. The number of nitrogens with one attached hydrogen (secondary N) is 1. The van der Waals surface area contributed by atoms with Gasteiger partial charge in [-0.1, -0.05) is 20.8 Å². The first-order valence-corrected chi connectivity index (χ1v) is 14.8. The summed E-state index contributed by atoms with van der Waals surface area (Å²) >= 11 is 0. The van der Waals surface area contributed by atoms with E-state index < -0.39 is 5.54 Å². The Hall–Kier alpha value is -4.31. The van der Waals surface area contributed by atoms with Crippen molar-refractivity contribution in [1.29, 1.82) is 5.26 Å². The molecule has 1 saturated heterocycles. The minimum absolute atomic E-state index is 0.0132. The van der Waals surface area contributed by atoms with Crippen LogP contribution in [0.3, 0.4) is 0 Å². The van der Waals surface area contributed by atoms with E-state index in [1.807, 2.05) is 29.2 Å². The van der Waals surface area contributed by atoms with Crippen LogP contribution < -0.4 is 5.32 Å².